The van der Waals surface area contributed by atoms with Crippen LogP contribution in [0.4, 0.5) is 5.69 Å². The predicted octanol–water partition coefficient (Wildman–Crippen LogP) is 5.21. The lowest BCUT2D eigenvalue weighted by molar-refractivity contribution is -0.115. The molecule has 2 N–H and O–H groups in total. The highest BCUT2D eigenvalue weighted by molar-refractivity contribution is 7.10. The summed E-state index contributed by atoms with van der Waals surface area (Å²) in [5.41, 5.74) is 3.01. The SMILES string of the molecule is COc1ccc(OC)c(NC(=O)CN[C@H](c2ccc(C(C)C)cc2)c2cccs2)c1. The highest BCUT2D eigenvalue weighted by Crippen LogP contribution is 2.29. The lowest BCUT2D eigenvalue weighted by atomic mass is 9.98. The lowest BCUT2D eigenvalue weighted by Crippen LogP contribution is -2.31. The van der Waals surface area contributed by atoms with Crippen molar-refractivity contribution in [3.63, 3.8) is 0 Å². The number of methoxy groups -OCH3 is 2. The van der Waals surface area contributed by atoms with Crippen molar-refractivity contribution in [2.45, 2.75) is 25.8 Å². The zero-order valence-corrected chi connectivity index (χ0v) is 18.6. The van der Waals surface area contributed by atoms with E-state index in [1.807, 2.05) is 11.4 Å². The van der Waals surface area contributed by atoms with Gasteiger partial charge < -0.3 is 14.8 Å². The Morgan fingerprint density at radius 3 is 2.33 bits per heavy atom. The molecule has 1 heterocycles. The number of thiophene rings is 1. The van der Waals surface area contributed by atoms with Gasteiger partial charge in [-0.3, -0.25) is 10.1 Å². The maximum atomic E-state index is 12.7. The largest absolute Gasteiger partial charge is 0.497 e. The van der Waals surface area contributed by atoms with Crippen LogP contribution in [0.15, 0.2) is 60.0 Å². The number of anilines is 1. The number of hydrogen-bond donors (Lipinski definition) is 2. The second kappa shape index (κ2) is 10.3. The third-order valence-electron chi connectivity index (χ3n) is 4.91. The summed E-state index contributed by atoms with van der Waals surface area (Å²) < 4.78 is 10.6. The fraction of sp³-hybridized carbons (Fsp3) is 0.292. The molecule has 0 aliphatic heterocycles. The Bertz CT molecular complexity index is 953. The lowest BCUT2D eigenvalue weighted by Gasteiger charge is -2.19. The molecule has 1 atom stereocenters. The van der Waals surface area contributed by atoms with Gasteiger partial charge in [-0.1, -0.05) is 44.2 Å². The molecule has 0 bridgehead atoms. The van der Waals surface area contributed by atoms with Crippen LogP contribution in [0.25, 0.3) is 0 Å². The molecule has 5 nitrogen and oxygen atoms in total. The van der Waals surface area contributed by atoms with Gasteiger partial charge in [-0.2, -0.15) is 0 Å². The van der Waals surface area contributed by atoms with E-state index in [-0.39, 0.29) is 18.5 Å². The molecule has 2 aromatic carbocycles. The number of carbonyl (C=O) groups excluding carboxylic acids is 1. The van der Waals surface area contributed by atoms with E-state index in [1.165, 1.54) is 10.4 Å². The van der Waals surface area contributed by atoms with E-state index in [2.05, 4.69) is 54.8 Å². The molecule has 6 heteroatoms. The Balaban J connectivity index is 1.72. The molecule has 3 rings (SSSR count). The van der Waals surface area contributed by atoms with Gasteiger partial charge >= 0.3 is 0 Å². The molecule has 0 aliphatic rings. The van der Waals surface area contributed by atoms with Crippen molar-refractivity contribution in [3.8, 4) is 11.5 Å². The molecule has 0 aliphatic carbocycles. The van der Waals surface area contributed by atoms with Crippen LogP contribution in [0.5, 0.6) is 11.5 Å². The van der Waals surface area contributed by atoms with Crippen LogP contribution in [0.1, 0.15) is 41.8 Å². The summed E-state index contributed by atoms with van der Waals surface area (Å²) in [6, 6.07) is 18.0. The number of ether oxygens (including phenoxy) is 2. The number of hydrogen-bond acceptors (Lipinski definition) is 5. The molecule has 0 saturated carbocycles. The molecule has 1 amide bonds. The molecule has 0 saturated heterocycles. The summed E-state index contributed by atoms with van der Waals surface area (Å²) in [6.07, 6.45) is 0. The first kappa shape index (κ1) is 21.9. The zero-order chi connectivity index (χ0) is 21.5. The van der Waals surface area contributed by atoms with E-state index in [0.717, 1.165) is 5.56 Å². The smallest absolute Gasteiger partial charge is 0.238 e. The van der Waals surface area contributed by atoms with Gasteiger partial charge in [-0.05, 0) is 40.6 Å². The van der Waals surface area contributed by atoms with E-state index in [1.54, 1.807) is 43.8 Å². The Kier molecular flexibility index (Phi) is 7.49. The van der Waals surface area contributed by atoms with Crippen molar-refractivity contribution in [2.75, 3.05) is 26.1 Å². The molecule has 1 aromatic heterocycles. The van der Waals surface area contributed by atoms with Crippen LogP contribution in [0.3, 0.4) is 0 Å². The third-order valence-corrected chi connectivity index (χ3v) is 5.85. The van der Waals surface area contributed by atoms with Gasteiger partial charge in [0.15, 0.2) is 0 Å². The maximum Gasteiger partial charge on any atom is 0.238 e. The highest BCUT2D eigenvalue weighted by Gasteiger charge is 2.17. The average molecular weight is 425 g/mol. The molecular weight excluding hydrogens is 396 g/mol. The molecule has 30 heavy (non-hydrogen) atoms. The van der Waals surface area contributed by atoms with Gasteiger partial charge in [0.05, 0.1) is 32.5 Å². The summed E-state index contributed by atoms with van der Waals surface area (Å²) in [5, 5.41) is 8.36. The zero-order valence-electron chi connectivity index (χ0n) is 17.8. The molecule has 0 unspecified atom stereocenters. The van der Waals surface area contributed by atoms with Crippen LogP contribution in [-0.4, -0.2) is 26.7 Å². The first-order valence-corrected chi connectivity index (χ1v) is 10.8. The summed E-state index contributed by atoms with van der Waals surface area (Å²) in [5.74, 6) is 1.57. The van der Waals surface area contributed by atoms with E-state index in [4.69, 9.17) is 9.47 Å². The minimum atomic E-state index is -0.151. The molecule has 3 aromatic rings. The fourth-order valence-corrected chi connectivity index (χ4v) is 4.04. The average Bonchev–Trinajstić information content (AvgIpc) is 3.28. The van der Waals surface area contributed by atoms with Crippen molar-refractivity contribution in [1.29, 1.82) is 0 Å². The van der Waals surface area contributed by atoms with Crippen molar-refractivity contribution in [1.82, 2.24) is 5.32 Å². The van der Waals surface area contributed by atoms with Crippen LogP contribution >= 0.6 is 11.3 Å². The highest BCUT2D eigenvalue weighted by atomic mass is 32.1. The normalized spacial score (nSPS) is 11.9. The number of nitrogens with one attached hydrogen (secondary N) is 2. The second-order valence-corrected chi connectivity index (χ2v) is 8.24. The van der Waals surface area contributed by atoms with Crippen LogP contribution in [0, 0.1) is 0 Å². The number of carbonyl (C=O) groups is 1. The third kappa shape index (κ3) is 5.40. The van der Waals surface area contributed by atoms with Crippen molar-refractivity contribution in [2.24, 2.45) is 0 Å². The first-order valence-electron chi connectivity index (χ1n) is 9.90. The van der Waals surface area contributed by atoms with Crippen LogP contribution < -0.4 is 20.1 Å². The monoisotopic (exact) mass is 424 g/mol. The molecular formula is C24H28N2O3S. The number of amides is 1. The van der Waals surface area contributed by atoms with Crippen molar-refractivity contribution < 1.29 is 14.3 Å². The van der Waals surface area contributed by atoms with Gasteiger partial charge in [0, 0.05) is 10.9 Å². The first-order chi connectivity index (χ1) is 14.5. The molecule has 0 radical (unpaired) electrons. The van der Waals surface area contributed by atoms with Gasteiger partial charge in [0.25, 0.3) is 0 Å². The van der Waals surface area contributed by atoms with E-state index in [9.17, 15) is 4.79 Å². The Labute approximate surface area is 182 Å². The topological polar surface area (TPSA) is 59.6 Å². The second-order valence-electron chi connectivity index (χ2n) is 7.27. The summed E-state index contributed by atoms with van der Waals surface area (Å²) in [4.78, 5) is 13.8. The summed E-state index contributed by atoms with van der Waals surface area (Å²) in [6.45, 7) is 4.53. The molecule has 0 fully saturated rings. The Hall–Kier alpha value is -2.83. The van der Waals surface area contributed by atoms with Crippen molar-refractivity contribution in [3.05, 3.63) is 76.0 Å². The maximum absolute atomic E-state index is 12.7. The van der Waals surface area contributed by atoms with Crippen LogP contribution in [0.2, 0.25) is 0 Å². The van der Waals surface area contributed by atoms with E-state index >= 15 is 0 Å². The number of benzene rings is 2. The van der Waals surface area contributed by atoms with E-state index in [0.29, 0.717) is 23.1 Å². The summed E-state index contributed by atoms with van der Waals surface area (Å²) in [7, 11) is 3.16. The minimum absolute atomic E-state index is 0.0517. The number of rotatable bonds is 9. The summed E-state index contributed by atoms with van der Waals surface area (Å²) >= 11 is 1.67. The molecule has 0 spiro atoms. The predicted molar refractivity (Wildman–Crippen MR) is 123 cm³/mol. The van der Waals surface area contributed by atoms with Gasteiger partial charge in [0.1, 0.15) is 11.5 Å². The molecule has 158 valence electrons. The van der Waals surface area contributed by atoms with Gasteiger partial charge in [-0.15, -0.1) is 11.3 Å². The van der Waals surface area contributed by atoms with Gasteiger partial charge in [-0.25, -0.2) is 0 Å². The Morgan fingerprint density at radius 1 is 1.00 bits per heavy atom. The standard InChI is InChI=1S/C24H28N2O3S/c1-16(2)17-7-9-18(10-8-17)24(22-6-5-13-30-22)25-15-23(27)26-20-14-19(28-3)11-12-21(20)29-4/h5-14,16,24-25H,15H2,1-4H3,(H,26,27)/t24-/m1/s1. The van der Waals surface area contributed by atoms with Gasteiger partial charge in [0.2, 0.25) is 5.91 Å². The van der Waals surface area contributed by atoms with E-state index < -0.39 is 0 Å². The minimum Gasteiger partial charge on any atom is -0.497 e. The van der Waals surface area contributed by atoms with Crippen LogP contribution in [-0.2, 0) is 4.79 Å². The quantitative estimate of drug-likeness (QED) is 0.495. The fourth-order valence-electron chi connectivity index (χ4n) is 3.21. The van der Waals surface area contributed by atoms with Crippen molar-refractivity contribution >= 4 is 22.9 Å². The Morgan fingerprint density at radius 2 is 1.73 bits per heavy atom.